The van der Waals surface area contributed by atoms with Gasteiger partial charge >= 0.3 is 5.97 Å². The average molecular weight is 1250 g/mol. The molecule has 1 saturated carbocycles. The van der Waals surface area contributed by atoms with Crippen molar-refractivity contribution in [3.05, 3.63) is 0 Å². The molecule has 2 unspecified atom stereocenters. The Morgan fingerprint density at radius 2 is 0.528 bits per heavy atom. The van der Waals surface area contributed by atoms with Gasteiger partial charge in [-0.1, -0.05) is 464 Å². The molecule has 4 nitrogen and oxygen atoms in total. The number of hydrogen-bond donors (Lipinski definition) is 2. The van der Waals surface area contributed by atoms with Gasteiger partial charge in [0.25, 0.3) is 0 Å². The van der Waals surface area contributed by atoms with Gasteiger partial charge < -0.3 is 14.9 Å². The zero-order valence-corrected chi connectivity index (χ0v) is 62.2. The summed E-state index contributed by atoms with van der Waals surface area (Å²) in [4.78, 5) is 12.0. The minimum absolute atomic E-state index is 0.448. The van der Waals surface area contributed by atoms with Crippen LogP contribution < -0.4 is 0 Å². The first-order valence-electron chi connectivity index (χ1n) is 42.3. The van der Waals surface area contributed by atoms with E-state index >= 15 is 0 Å². The second-order valence-electron chi connectivity index (χ2n) is 30.9. The molecule has 0 heterocycles. The summed E-state index contributed by atoms with van der Waals surface area (Å²) in [6.45, 7) is 9.56. The van der Waals surface area contributed by atoms with E-state index in [0.717, 1.165) is 43.4 Å². The highest BCUT2D eigenvalue weighted by atomic mass is 16.5. The number of aliphatic hydroxyl groups excluding tert-OH is 1. The molecule has 1 fully saturated rings. The fraction of sp³-hybridized carbons (Fsp3) is 0.988. The van der Waals surface area contributed by atoms with Crippen molar-refractivity contribution < 1.29 is 19.7 Å². The van der Waals surface area contributed by atoms with E-state index in [1.165, 1.54) is 417 Å². The summed E-state index contributed by atoms with van der Waals surface area (Å²) >= 11 is 0. The Labute approximate surface area is 561 Å². The fourth-order valence-electron chi connectivity index (χ4n) is 15.5. The van der Waals surface area contributed by atoms with Crippen LogP contribution in [0, 0.1) is 29.6 Å². The quantitative estimate of drug-likeness (QED) is 0.0596. The smallest absolute Gasteiger partial charge is 0.309 e. The van der Waals surface area contributed by atoms with Gasteiger partial charge in [0, 0.05) is 7.11 Å². The topological polar surface area (TPSA) is 66.8 Å². The molecule has 1 aliphatic rings. The van der Waals surface area contributed by atoms with Crippen LogP contribution in [0.5, 0.6) is 0 Å². The van der Waals surface area contributed by atoms with Crippen LogP contribution in [0.2, 0.25) is 0 Å². The lowest BCUT2D eigenvalue weighted by molar-refractivity contribution is -0.146. The van der Waals surface area contributed by atoms with Crippen molar-refractivity contribution in [2.75, 3.05) is 7.11 Å². The molecule has 0 aromatic carbocycles. The van der Waals surface area contributed by atoms with Gasteiger partial charge in [-0.25, -0.2) is 0 Å². The monoisotopic (exact) mass is 1250 g/mol. The summed E-state index contributed by atoms with van der Waals surface area (Å²) in [6.07, 6.45) is 99.1. The van der Waals surface area contributed by atoms with Crippen molar-refractivity contribution in [2.45, 2.75) is 502 Å². The molecule has 4 heteroatoms. The van der Waals surface area contributed by atoms with Crippen molar-refractivity contribution in [3.8, 4) is 0 Å². The molecular weight excluding hydrogens is 1080 g/mol. The van der Waals surface area contributed by atoms with Gasteiger partial charge in [0.05, 0.1) is 18.1 Å². The molecule has 0 bridgehead atoms. The maximum Gasteiger partial charge on any atom is 0.309 e. The van der Waals surface area contributed by atoms with Crippen molar-refractivity contribution in [2.24, 2.45) is 29.6 Å². The van der Waals surface area contributed by atoms with Crippen LogP contribution in [-0.4, -0.2) is 35.5 Å². The molecule has 0 amide bonds. The minimum Gasteiger partial charge on any atom is -0.481 e. The summed E-state index contributed by atoms with van der Waals surface area (Å²) in [5.74, 6) is 2.25. The van der Waals surface area contributed by atoms with Crippen LogP contribution in [-0.2, 0) is 9.53 Å². The van der Waals surface area contributed by atoms with Gasteiger partial charge in [0.15, 0.2) is 0 Å². The van der Waals surface area contributed by atoms with Gasteiger partial charge in [-0.05, 0) is 49.4 Å². The number of rotatable bonds is 78. The van der Waals surface area contributed by atoms with Crippen LogP contribution in [0.1, 0.15) is 490 Å². The summed E-state index contributed by atoms with van der Waals surface area (Å²) in [7, 11) is 1.96. The number of carboxylic acids is 1. The largest absolute Gasteiger partial charge is 0.481 e. The number of ether oxygens (including phenoxy) is 1. The summed E-state index contributed by atoms with van der Waals surface area (Å²) < 4.78 is 6.05. The van der Waals surface area contributed by atoms with E-state index in [1.807, 2.05) is 7.11 Å². The Hall–Kier alpha value is -0.610. The third-order valence-electron chi connectivity index (χ3n) is 22.4. The summed E-state index contributed by atoms with van der Waals surface area (Å²) in [5.41, 5.74) is 0. The van der Waals surface area contributed by atoms with E-state index < -0.39 is 18.0 Å². The van der Waals surface area contributed by atoms with Crippen molar-refractivity contribution in [1.29, 1.82) is 0 Å². The van der Waals surface area contributed by atoms with E-state index in [0.29, 0.717) is 24.9 Å². The number of carbonyl (C=O) groups is 1. The van der Waals surface area contributed by atoms with Crippen LogP contribution in [0.3, 0.4) is 0 Å². The van der Waals surface area contributed by atoms with Crippen LogP contribution in [0.25, 0.3) is 0 Å². The van der Waals surface area contributed by atoms with Crippen LogP contribution in [0.15, 0.2) is 0 Å². The van der Waals surface area contributed by atoms with Crippen LogP contribution in [0.4, 0.5) is 0 Å². The SMILES string of the molecule is CCCCCCCCCCCCCCCCCCCCCCCC[C@@H](C(=O)O)[C@H](O)CCCCCCCCCCCCCCCCC[C@@H]1CC1CCCCCCCCCCCCCCCC[C@H](OC)[C@@H](C)C(C)CCCCCCCCCCCCCCCC. The lowest BCUT2D eigenvalue weighted by Gasteiger charge is -2.28. The molecule has 89 heavy (non-hydrogen) atoms. The fourth-order valence-corrected chi connectivity index (χ4v) is 15.5. The van der Waals surface area contributed by atoms with Crippen LogP contribution >= 0.6 is 0 Å². The highest BCUT2D eigenvalue weighted by Crippen LogP contribution is 2.46. The summed E-state index contributed by atoms with van der Waals surface area (Å²) in [5, 5.41) is 20.6. The molecule has 532 valence electrons. The van der Waals surface area contributed by atoms with Crippen molar-refractivity contribution in [3.63, 3.8) is 0 Å². The van der Waals surface area contributed by atoms with Gasteiger partial charge in [0.1, 0.15) is 0 Å². The molecule has 0 radical (unpaired) electrons. The molecule has 7 atom stereocenters. The Kier molecular flexibility index (Phi) is 68.1. The lowest BCUT2D eigenvalue weighted by Crippen LogP contribution is -2.28. The Bertz CT molecular complexity index is 1350. The predicted octanol–water partition coefficient (Wildman–Crippen LogP) is 29.7. The molecule has 1 rings (SSSR count). The average Bonchev–Trinajstić information content (AvgIpc) is 3.61. The highest BCUT2D eigenvalue weighted by Gasteiger charge is 2.35. The van der Waals surface area contributed by atoms with Crippen molar-refractivity contribution in [1.82, 2.24) is 0 Å². The molecule has 0 saturated heterocycles. The molecular formula is C85H168O4. The summed E-state index contributed by atoms with van der Waals surface area (Å²) in [6, 6.07) is 0. The zero-order chi connectivity index (χ0) is 64.2. The van der Waals surface area contributed by atoms with E-state index in [4.69, 9.17) is 4.74 Å². The van der Waals surface area contributed by atoms with Crippen molar-refractivity contribution >= 4 is 5.97 Å². The number of unbranched alkanes of at least 4 members (excludes halogenated alkanes) is 61. The zero-order valence-electron chi connectivity index (χ0n) is 62.2. The number of aliphatic hydroxyl groups is 1. The maximum absolute atomic E-state index is 12.0. The van der Waals surface area contributed by atoms with E-state index in [1.54, 1.807) is 6.42 Å². The number of aliphatic carboxylic acids is 1. The number of carboxylic acid groups (broad SMARTS) is 1. The van der Waals surface area contributed by atoms with Gasteiger partial charge in [-0.3, -0.25) is 4.79 Å². The van der Waals surface area contributed by atoms with E-state index in [-0.39, 0.29) is 0 Å². The minimum atomic E-state index is -0.798. The Morgan fingerprint density at radius 1 is 0.315 bits per heavy atom. The highest BCUT2D eigenvalue weighted by molar-refractivity contribution is 5.70. The van der Waals surface area contributed by atoms with Gasteiger partial charge in [-0.15, -0.1) is 0 Å². The molecule has 0 aromatic rings. The normalized spacial score (nSPS) is 15.9. The van der Waals surface area contributed by atoms with Gasteiger partial charge in [-0.2, -0.15) is 0 Å². The first-order chi connectivity index (χ1) is 43.8. The third kappa shape index (κ3) is 60.8. The molecule has 1 aliphatic carbocycles. The Morgan fingerprint density at radius 3 is 0.775 bits per heavy atom. The first-order valence-corrected chi connectivity index (χ1v) is 42.3. The van der Waals surface area contributed by atoms with E-state index in [2.05, 4.69) is 27.7 Å². The third-order valence-corrected chi connectivity index (χ3v) is 22.4. The lowest BCUT2D eigenvalue weighted by atomic mass is 9.84. The molecule has 0 spiro atoms. The number of methoxy groups -OCH3 is 1. The molecule has 0 aliphatic heterocycles. The maximum atomic E-state index is 12.0. The Balaban J connectivity index is 1.78. The van der Waals surface area contributed by atoms with E-state index in [9.17, 15) is 15.0 Å². The van der Waals surface area contributed by atoms with Gasteiger partial charge in [0.2, 0.25) is 0 Å². The second kappa shape index (κ2) is 70.2. The first kappa shape index (κ1) is 86.4. The second-order valence-corrected chi connectivity index (χ2v) is 30.9. The predicted molar refractivity (Wildman–Crippen MR) is 397 cm³/mol. The standard InChI is InChI=1S/C85H168O4/c1-6-8-10-12-14-16-18-20-22-23-24-25-26-27-28-31-38-44-50-56-62-68-74-82(85(87)88)83(86)75-69-63-57-51-45-39-32-29-30-36-42-48-54-60-66-72-80-77-81(80)73-67-61-55-49-43-37-33-34-40-46-52-58-64-70-76-84(89-5)79(4)78(3)71-65-59-53-47-41-35-21-19-17-15-13-11-9-7-2/h78-84,86H,6-77H2,1-5H3,(H,87,88)/t78?,79-,80+,81?,82+,83+,84-/m0/s1. The number of hydrogen-bond acceptors (Lipinski definition) is 3. The molecule has 2 N–H and O–H groups in total. The molecule has 0 aromatic heterocycles.